The number of hydrogen-bond acceptors (Lipinski definition) is 11. The fraction of sp³-hybridized carbons (Fsp3) is 0.846. The van der Waals surface area contributed by atoms with Crippen LogP contribution in [0.1, 0.15) is 85.5 Å². The molecule has 11 nitrogen and oxygen atoms in total. The zero-order valence-electron chi connectivity index (χ0n) is 30.9. The Kier molecular flexibility index (Phi) is 12.6. The van der Waals surface area contributed by atoms with Crippen LogP contribution in [0.5, 0.6) is 0 Å². The molecular formula is C39H60O11. The molecule has 0 aromatic rings. The van der Waals surface area contributed by atoms with Crippen molar-refractivity contribution in [1.82, 2.24) is 0 Å². The average molecular weight is 705 g/mol. The predicted octanol–water partition coefficient (Wildman–Crippen LogP) is 4.92. The number of cyclic esters (lactones) is 1. The van der Waals surface area contributed by atoms with Crippen LogP contribution in [-0.4, -0.2) is 106 Å². The van der Waals surface area contributed by atoms with Gasteiger partial charge in [0.05, 0.1) is 36.9 Å². The van der Waals surface area contributed by atoms with Gasteiger partial charge < -0.3 is 43.0 Å². The lowest BCUT2D eigenvalue weighted by molar-refractivity contribution is -0.314. The predicted molar refractivity (Wildman–Crippen MR) is 183 cm³/mol. The topological polar surface area (TPSA) is 128 Å². The van der Waals surface area contributed by atoms with E-state index >= 15 is 0 Å². The molecule has 0 spiro atoms. The zero-order chi connectivity index (χ0) is 35.7. The number of allylic oxidation sites excluding steroid dienone is 4. The third kappa shape index (κ3) is 7.81. The van der Waals surface area contributed by atoms with Gasteiger partial charge in [0.1, 0.15) is 24.4 Å². The lowest BCUT2D eigenvalue weighted by Gasteiger charge is -2.44. The van der Waals surface area contributed by atoms with Gasteiger partial charge in [0.15, 0.2) is 18.4 Å². The summed E-state index contributed by atoms with van der Waals surface area (Å²) in [5, 5.41) is 10.2. The van der Waals surface area contributed by atoms with Crippen molar-refractivity contribution in [2.24, 2.45) is 35.5 Å². The van der Waals surface area contributed by atoms with E-state index in [1.807, 2.05) is 27.7 Å². The van der Waals surface area contributed by atoms with Gasteiger partial charge in [0.25, 0.3) is 0 Å². The normalized spacial score (nSPS) is 47.0. The number of rotatable bonds is 8. The summed E-state index contributed by atoms with van der Waals surface area (Å²) in [5.74, 6) is -0.184. The number of carbonyl (C=O) groups excluding carboxylic acids is 2. The van der Waals surface area contributed by atoms with Crippen LogP contribution in [0.25, 0.3) is 0 Å². The van der Waals surface area contributed by atoms with Gasteiger partial charge in [-0.05, 0) is 88.0 Å². The highest BCUT2D eigenvalue weighted by atomic mass is 16.7. The van der Waals surface area contributed by atoms with Crippen molar-refractivity contribution >= 4 is 11.8 Å². The van der Waals surface area contributed by atoms with Crippen molar-refractivity contribution < 1.29 is 52.6 Å². The summed E-state index contributed by atoms with van der Waals surface area (Å²) in [5.41, 5.74) is 0.729. The summed E-state index contributed by atoms with van der Waals surface area (Å²) >= 11 is 0. The first-order valence-electron chi connectivity index (χ1n) is 19.1. The minimum atomic E-state index is -0.603. The first-order valence-corrected chi connectivity index (χ1v) is 19.1. The molecule has 3 aliphatic heterocycles. The molecule has 0 aromatic carbocycles. The van der Waals surface area contributed by atoms with E-state index in [1.165, 1.54) is 0 Å². The molecule has 6 rings (SSSR count). The fourth-order valence-electron chi connectivity index (χ4n) is 9.72. The Morgan fingerprint density at radius 3 is 2.30 bits per heavy atom. The Hall–Kier alpha value is -1.70. The molecule has 0 unspecified atom stereocenters. The van der Waals surface area contributed by atoms with E-state index in [4.69, 9.17) is 37.9 Å². The number of aliphatic hydroxyl groups is 1. The number of fused-ring (bicyclic) bond motifs is 5. The summed E-state index contributed by atoms with van der Waals surface area (Å²) in [6.07, 6.45) is 8.82. The second-order valence-corrected chi connectivity index (χ2v) is 15.5. The minimum absolute atomic E-state index is 0.0260. The minimum Gasteiger partial charge on any atom is -0.462 e. The van der Waals surface area contributed by atoms with E-state index in [-0.39, 0.29) is 90.5 Å². The average Bonchev–Trinajstić information content (AvgIpc) is 3.68. The monoisotopic (exact) mass is 704 g/mol. The molecule has 0 radical (unpaired) electrons. The first-order chi connectivity index (χ1) is 24.1. The second kappa shape index (κ2) is 16.5. The van der Waals surface area contributed by atoms with E-state index in [1.54, 1.807) is 21.3 Å². The molecule has 3 aliphatic carbocycles. The number of Topliss-reactive ketones (excluding diaryl/α,β-unsaturated/α-hetero) is 1. The molecule has 0 amide bonds. The van der Waals surface area contributed by atoms with Gasteiger partial charge in [0, 0.05) is 39.6 Å². The number of ketones is 1. The smallest absolute Gasteiger partial charge is 0.306 e. The highest BCUT2D eigenvalue weighted by Crippen LogP contribution is 2.54. The van der Waals surface area contributed by atoms with Crippen LogP contribution in [0.2, 0.25) is 0 Å². The molecule has 1 N–H and O–H groups in total. The SMILES string of the molecule is CC[C@@H]1CCC[C@H](O[C@H]2CC[C@H](O)[C@@H](C)O2)[C@H](C)C(=O)C2=C[C@@H]3[C@@H](C=C[C@@H]4C[C@@H](O[C@@H]5O[C@@H](C)[C@H](OC)[C@@H](OC)[C@H]5OC)C[C@@H]34)[C@@H]2CC(=O)O1. The number of methoxy groups -OCH3 is 3. The molecule has 17 atom stereocenters. The lowest BCUT2D eigenvalue weighted by Crippen LogP contribution is -2.59. The fourth-order valence-corrected chi connectivity index (χ4v) is 9.72. The largest absolute Gasteiger partial charge is 0.462 e. The Bertz CT molecular complexity index is 1240. The van der Waals surface area contributed by atoms with Gasteiger partial charge in [0.2, 0.25) is 0 Å². The molecule has 3 heterocycles. The van der Waals surface area contributed by atoms with Crippen molar-refractivity contribution in [3.05, 3.63) is 23.8 Å². The van der Waals surface area contributed by atoms with Crippen LogP contribution in [0.3, 0.4) is 0 Å². The van der Waals surface area contributed by atoms with Gasteiger partial charge in [-0.3, -0.25) is 9.59 Å². The molecule has 0 aromatic heterocycles. The zero-order valence-corrected chi connectivity index (χ0v) is 30.9. The summed E-state index contributed by atoms with van der Waals surface area (Å²) in [7, 11) is 4.95. The van der Waals surface area contributed by atoms with Gasteiger partial charge in [-0.25, -0.2) is 0 Å². The van der Waals surface area contributed by atoms with Gasteiger partial charge in [-0.1, -0.05) is 32.1 Å². The summed E-state index contributed by atoms with van der Waals surface area (Å²) in [6, 6.07) is 0. The molecule has 6 aliphatic rings. The Morgan fingerprint density at radius 1 is 0.840 bits per heavy atom. The number of esters is 1. The van der Waals surface area contributed by atoms with Crippen LogP contribution >= 0.6 is 0 Å². The first kappa shape index (κ1) is 38.0. The van der Waals surface area contributed by atoms with Crippen molar-refractivity contribution in [2.75, 3.05) is 21.3 Å². The number of ether oxygens (including phenoxy) is 8. The summed E-state index contributed by atoms with van der Waals surface area (Å²) in [4.78, 5) is 28.0. The maximum Gasteiger partial charge on any atom is 0.306 e. The van der Waals surface area contributed by atoms with Crippen LogP contribution in [-0.2, 0) is 47.5 Å². The highest BCUT2D eigenvalue weighted by Gasteiger charge is 2.52. The Morgan fingerprint density at radius 2 is 1.60 bits per heavy atom. The standard InChI is InChI=1S/C39H60O11/c1-8-24-10-9-11-32(50-34-15-14-31(40)21(3)46-34)20(2)35(42)30-18-28-26(29(30)19-33(41)48-24)13-12-23-16-25(17-27(23)28)49-39-38(45-7)37(44-6)36(43-5)22(4)47-39/h12-13,18,20-29,31-32,34,36-40H,8-11,14-17,19H2,1-7H3/t20-,21+,22-,23+,24+,25+,26+,27+,28+,29-,31-,32-,34-,36-,37+,38+,39-/m0/s1. The quantitative estimate of drug-likeness (QED) is 0.273. The van der Waals surface area contributed by atoms with Crippen molar-refractivity contribution in [3.63, 3.8) is 0 Å². The van der Waals surface area contributed by atoms with E-state index in [0.717, 1.165) is 37.7 Å². The molecule has 1 saturated carbocycles. The van der Waals surface area contributed by atoms with Crippen LogP contribution in [0, 0.1) is 35.5 Å². The second-order valence-electron chi connectivity index (χ2n) is 15.5. The molecular weight excluding hydrogens is 644 g/mol. The van der Waals surface area contributed by atoms with E-state index < -0.39 is 30.7 Å². The van der Waals surface area contributed by atoms with Crippen molar-refractivity contribution in [1.29, 1.82) is 0 Å². The molecule has 11 heteroatoms. The highest BCUT2D eigenvalue weighted by molar-refractivity contribution is 5.99. The van der Waals surface area contributed by atoms with Gasteiger partial charge in [-0.2, -0.15) is 0 Å². The maximum absolute atomic E-state index is 14.5. The molecule has 4 fully saturated rings. The maximum atomic E-state index is 14.5. The van der Waals surface area contributed by atoms with Crippen LogP contribution in [0.4, 0.5) is 0 Å². The third-order valence-electron chi connectivity index (χ3n) is 12.6. The van der Waals surface area contributed by atoms with Crippen molar-refractivity contribution in [2.45, 2.75) is 153 Å². The molecule has 50 heavy (non-hydrogen) atoms. The third-order valence-corrected chi connectivity index (χ3v) is 12.6. The van der Waals surface area contributed by atoms with Crippen LogP contribution in [0.15, 0.2) is 23.8 Å². The lowest BCUT2D eigenvalue weighted by atomic mass is 9.70. The number of hydrogen-bond donors (Lipinski definition) is 1. The summed E-state index contributed by atoms with van der Waals surface area (Å²) in [6.45, 7) is 7.83. The van der Waals surface area contributed by atoms with E-state index in [0.29, 0.717) is 19.3 Å². The van der Waals surface area contributed by atoms with Crippen LogP contribution < -0.4 is 0 Å². The molecule has 282 valence electrons. The number of carbonyl (C=O) groups is 2. The summed E-state index contributed by atoms with van der Waals surface area (Å²) < 4.78 is 48.9. The van der Waals surface area contributed by atoms with Gasteiger partial charge in [-0.15, -0.1) is 0 Å². The molecule has 0 bridgehead atoms. The Labute approximate surface area is 297 Å². The van der Waals surface area contributed by atoms with Crippen molar-refractivity contribution in [3.8, 4) is 0 Å². The van der Waals surface area contributed by atoms with E-state index in [9.17, 15) is 14.7 Å². The van der Waals surface area contributed by atoms with Gasteiger partial charge >= 0.3 is 5.97 Å². The number of aliphatic hydroxyl groups excluding tert-OH is 1. The molecule has 3 saturated heterocycles. The Balaban J connectivity index is 1.21. The van der Waals surface area contributed by atoms with E-state index in [2.05, 4.69) is 18.2 Å².